The van der Waals surface area contributed by atoms with Crippen molar-refractivity contribution >= 4 is 11.3 Å². The second-order valence-electron chi connectivity index (χ2n) is 5.96. The van der Waals surface area contributed by atoms with Crippen LogP contribution in [0.5, 0.6) is 0 Å². The van der Waals surface area contributed by atoms with Gasteiger partial charge < -0.3 is 5.11 Å². The molecule has 2 aromatic rings. The van der Waals surface area contributed by atoms with Gasteiger partial charge in [-0.3, -0.25) is 4.90 Å². The number of nitrogens with zero attached hydrogens (tertiary/aromatic N) is 2. The third-order valence-electron chi connectivity index (χ3n) is 3.77. The van der Waals surface area contributed by atoms with Gasteiger partial charge in [0.05, 0.1) is 18.1 Å². The maximum atomic E-state index is 9.41. The molecule has 0 fully saturated rings. The van der Waals surface area contributed by atoms with Crippen molar-refractivity contribution in [1.82, 2.24) is 4.90 Å². The minimum atomic E-state index is -0.510. The van der Waals surface area contributed by atoms with Gasteiger partial charge >= 0.3 is 0 Å². The molecule has 0 atom stereocenters. The fraction of sp³-hybridized carbons (Fsp3) is 0.389. The van der Waals surface area contributed by atoms with Crippen LogP contribution in [0.2, 0.25) is 0 Å². The number of nitriles is 1. The summed E-state index contributed by atoms with van der Waals surface area (Å²) in [5, 5.41) is 22.9. The van der Waals surface area contributed by atoms with Crippen molar-refractivity contribution in [2.45, 2.75) is 32.4 Å². The van der Waals surface area contributed by atoms with Crippen LogP contribution in [0, 0.1) is 11.3 Å². The van der Waals surface area contributed by atoms with Crippen LogP contribution >= 0.6 is 11.3 Å². The number of thiophene rings is 1. The van der Waals surface area contributed by atoms with E-state index in [0.717, 1.165) is 24.2 Å². The second kappa shape index (κ2) is 7.55. The van der Waals surface area contributed by atoms with Crippen LogP contribution in [-0.4, -0.2) is 23.2 Å². The van der Waals surface area contributed by atoms with Gasteiger partial charge in [0.25, 0.3) is 0 Å². The van der Waals surface area contributed by atoms with E-state index in [9.17, 15) is 10.4 Å². The van der Waals surface area contributed by atoms with E-state index in [-0.39, 0.29) is 6.61 Å². The summed E-state index contributed by atoms with van der Waals surface area (Å²) < 4.78 is 0. The number of aliphatic hydroxyl groups is 1. The van der Waals surface area contributed by atoms with Gasteiger partial charge in [-0.2, -0.15) is 16.6 Å². The monoisotopic (exact) mass is 314 g/mol. The number of hydrogen-bond acceptors (Lipinski definition) is 4. The maximum Gasteiger partial charge on any atom is 0.0769 e. The predicted molar refractivity (Wildman–Crippen MR) is 90.6 cm³/mol. The quantitative estimate of drug-likeness (QED) is 0.850. The van der Waals surface area contributed by atoms with Crippen LogP contribution in [0.1, 0.15) is 30.5 Å². The van der Waals surface area contributed by atoms with E-state index in [1.54, 1.807) is 11.3 Å². The molecule has 0 saturated carbocycles. The lowest BCUT2D eigenvalue weighted by Gasteiger charge is -2.25. The largest absolute Gasteiger partial charge is 0.395 e. The minimum absolute atomic E-state index is 0.133. The van der Waals surface area contributed by atoms with Gasteiger partial charge in [-0.05, 0) is 47.4 Å². The lowest BCUT2D eigenvalue weighted by molar-refractivity contribution is 0.184. The number of rotatable bonds is 7. The first kappa shape index (κ1) is 16.7. The summed E-state index contributed by atoms with van der Waals surface area (Å²) in [4.78, 5) is 2.22. The third-order valence-corrected chi connectivity index (χ3v) is 4.50. The number of benzene rings is 1. The van der Waals surface area contributed by atoms with Crippen LogP contribution in [0.4, 0.5) is 0 Å². The zero-order valence-corrected chi connectivity index (χ0v) is 13.9. The molecule has 0 saturated heterocycles. The molecule has 4 heteroatoms. The highest BCUT2D eigenvalue weighted by Gasteiger charge is 2.23. The van der Waals surface area contributed by atoms with Crippen molar-refractivity contribution in [3.63, 3.8) is 0 Å². The van der Waals surface area contributed by atoms with Crippen molar-refractivity contribution in [2.24, 2.45) is 0 Å². The van der Waals surface area contributed by atoms with Crippen molar-refractivity contribution in [3.8, 4) is 6.07 Å². The average Bonchev–Trinajstić information content (AvgIpc) is 3.01. The van der Waals surface area contributed by atoms with Crippen LogP contribution in [-0.2, 0) is 18.5 Å². The zero-order chi connectivity index (χ0) is 16.0. The highest BCUT2D eigenvalue weighted by Crippen LogP contribution is 2.27. The molecular formula is C18H22N2OS. The predicted octanol–water partition coefficient (Wildman–Crippen LogP) is 3.54. The minimum Gasteiger partial charge on any atom is -0.395 e. The summed E-state index contributed by atoms with van der Waals surface area (Å²) in [5.74, 6) is 0. The van der Waals surface area contributed by atoms with E-state index in [0.29, 0.717) is 6.54 Å². The molecule has 1 aromatic carbocycles. The summed E-state index contributed by atoms with van der Waals surface area (Å²) in [7, 11) is 0. The molecule has 0 bridgehead atoms. The standard InChI is InChI=1S/C18H22N2OS/c1-18(2,14-19)17-6-4-3-5-16(17)12-20(8-9-21)11-15-7-10-22-13-15/h3-7,10,13,21H,8-9,11-12H2,1-2H3. The first-order chi connectivity index (χ1) is 10.6. The highest BCUT2D eigenvalue weighted by atomic mass is 32.1. The summed E-state index contributed by atoms with van der Waals surface area (Å²) >= 11 is 1.68. The Kier molecular flexibility index (Phi) is 5.73. The molecule has 1 N–H and O–H groups in total. The molecule has 0 radical (unpaired) electrons. The Morgan fingerprint density at radius 1 is 1.23 bits per heavy atom. The van der Waals surface area contributed by atoms with Gasteiger partial charge in [0.2, 0.25) is 0 Å². The lowest BCUT2D eigenvalue weighted by atomic mass is 9.83. The van der Waals surface area contributed by atoms with Gasteiger partial charge in [-0.25, -0.2) is 0 Å². The van der Waals surface area contributed by atoms with Crippen molar-refractivity contribution < 1.29 is 5.11 Å². The molecule has 22 heavy (non-hydrogen) atoms. The topological polar surface area (TPSA) is 47.3 Å². The van der Waals surface area contributed by atoms with E-state index in [4.69, 9.17) is 0 Å². The van der Waals surface area contributed by atoms with Gasteiger partial charge in [0.15, 0.2) is 0 Å². The Morgan fingerprint density at radius 3 is 2.64 bits per heavy atom. The van der Waals surface area contributed by atoms with Crippen LogP contribution in [0.15, 0.2) is 41.1 Å². The Hall–Kier alpha value is -1.67. The molecule has 2 rings (SSSR count). The van der Waals surface area contributed by atoms with Gasteiger partial charge in [-0.1, -0.05) is 24.3 Å². The Labute approximate surface area is 136 Å². The van der Waals surface area contributed by atoms with Crippen molar-refractivity contribution in [3.05, 3.63) is 57.8 Å². The smallest absolute Gasteiger partial charge is 0.0769 e. The maximum absolute atomic E-state index is 9.41. The first-order valence-electron chi connectivity index (χ1n) is 7.41. The van der Waals surface area contributed by atoms with E-state index < -0.39 is 5.41 Å². The Morgan fingerprint density at radius 2 is 2.00 bits per heavy atom. The van der Waals surface area contributed by atoms with Crippen LogP contribution in [0.3, 0.4) is 0 Å². The normalized spacial score (nSPS) is 11.6. The van der Waals surface area contributed by atoms with Crippen LogP contribution in [0.25, 0.3) is 0 Å². The van der Waals surface area contributed by atoms with E-state index in [1.165, 1.54) is 5.56 Å². The highest BCUT2D eigenvalue weighted by molar-refractivity contribution is 7.07. The summed E-state index contributed by atoms with van der Waals surface area (Å²) in [6.45, 7) is 6.19. The fourth-order valence-electron chi connectivity index (χ4n) is 2.57. The SMILES string of the molecule is CC(C)(C#N)c1ccccc1CN(CCO)Cc1ccsc1. The second-order valence-corrected chi connectivity index (χ2v) is 6.74. The molecule has 1 heterocycles. The van der Waals surface area contributed by atoms with E-state index >= 15 is 0 Å². The lowest BCUT2D eigenvalue weighted by Crippen LogP contribution is -2.28. The average molecular weight is 314 g/mol. The molecule has 0 aliphatic carbocycles. The zero-order valence-electron chi connectivity index (χ0n) is 13.1. The molecule has 0 amide bonds. The summed E-state index contributed by atoms with van der Waals surface area (Å²) in [5.41, 5.74) is 2.96. The number of aliphatic hydroxyl groups excluding tert-OH is 1. The van der Waals surface area contributed by atoms with Gasteiger partial charge in [0.1, 0.15) is 0 Å². The molecule has 0 unspecified atom stereocenters. The van der Waals surface area contributed by atoms with Crippen molar-refractivity contribution in [2.75, 3.05) is 13.2 Å². The fourth-order valence-corrected chi connectivity index (χ4v) is 3.23. The molecule has 0 spiro atoms. The van der Waals surface area contributed by atoms with Crippen LogP contribution < -0.4 is 0 Å². The molecule has 116 valence electrons. The molecule has 3 nitrogen and oxygen atoms in total. The molecule has 0 aliphatic heterocycles. The van der Waals surface area contributed by atoms with E-state index in [1.807, 2.05) is 32.0 Å². The Bertz CT molecular complexity index is 629. The third kappa shape index (κ3) is 4.17. The Balaban J connectivity index is 2.21. The first-order valence-corrected chi connectivity index (χ1v) is 8.35. The van der Waals surface area contributed by atoms with E-state index in [2.05, 4.69) is 33.9 Å². The summed E-state index contributed by atoms with van der Waals surface area (Å²) in [6, 6.07) is 12.6. The molecule has 1 aromatic heterocycles. The molecule has 0 aliphatic rings. The molecular weight excluding hydrogens is 292 g/mol. The van der Waals surface area contributed by atoms with Gasteiger partial charge in [0, 0.05) is 19.6 Å². The van der Waals surface area contributed by atoms with Crippen molar-refractivity contribution in [1.29, 1.82) is 5.26 Å². The number of hydrogen-bond donors (Lipinski definition) is 1. The van der Waals surface area contributed by atoms with Gasteiger partial charge in [-0.15, -0.1) is 0 Å². The summed E-state index contributed by atoms with van der Waals surface area (Å²) in [6.07, 6.45) is 0.